The highest BCUT2D eigenvalue weighted by molar-refractivity contribution is 7.03. The maximum atomic E-state index is 11.0. The van der Waals surface area contributed by atoms with Crippen molar-refractivity contribution in [2.75, 3.05) is 7.11 Å². The molecule has 0 aromatic carbocycles. The summed E-state index contributed by atoms with van der Waals surface area (Å²) < 4.78 is 8.62. The molecule has 0 bridgehead atoms. The van der Waals surface area contributed by atoms with E-state index in [0.29, 0.717) is 0 Å². The lowest BCUT2D eigenvalue weighted by atomic mass is 9.95. The molecule has 13 heavy (non-hydrogen) atoms. The summed E-state index contributed by atoms with van der Waals surface area (Å²) in [6.45, 7) is 1.76. The number of rotatable bonds is 3. The van der Waals surface area contributed by atoms with Gasteiger partial charge in [-0.15, -0.1) is 0 Å². The third kappa shape index (κ3) is 2.50. The van der Waals surface area contributed by atoms with Crippen molar-refractivity contribution in [3.8, 4) is 0 Å². The molecule has 4 nitrogen and oxygen atoms in total. The standard InChI is InChI=1S/C8H12N2O2S/c1-8(9,5-7(11)12-2)6-3-4-13-10-6/h3-4H,5,9H2,1-2H3. The SMILES string of the molecule is COC(=O)CC(C)(N)c1ccsn1. The lowest BCUT2D eigenvalue weighted by Gasteiger charge is -2.20. The van der Waals surface area contributed by atoms with Gasteiger partial charge < -0.3 is 10.5 Å². The molecule has 72 valence electrons. The van der Waals surface area contributed by atoms with E-state index in [9.17, 15) is 4.79 Å². The predicted octanol–water partition coefficient (Wildman–Crippen LogP) is 0.880. The summed E-state index contributed by atoms with van der Waals surface area (Å²) in [6, 6.07) is 1.81. The molecular formula is C8H12N2O2S. The average molecular weight is 200 g/mol. The molecule has 0 spiro atoms. The second kappa shape index (κ2) is 3.85. The smallest absolute Gasteiger partial charge is 0.307 e. The number of carbonyl (C=O) groups excluding carboxylic acids is 1. The minimum Gasteiger partial charge on any atom is -0.469 e. The van der Waals surface area contributed by atoms with Gasteiger partial charge in [0.1, 0.15) is 0 Å². The van der Waals surface area contributed by atoms with Gasteiger partial charge in [0.2, 0.25) is 0 Å². The third-order valence-electron chi connectivity index (χ3n) is 1.76. The van der Waals surface area contributed by atoms with Gasteiger partial charge in [0.25, 0.3) is 0 Å². The lowest BCUT2D eigenvalue weighted by molar-refractivity contribution is -0.142. The second-order valence-corrected chi connectivity index (χ2v) is 3.72. The Labute approximate surface area is 80.9 Å². The van der Waals surface area contributed by atoms with Gasteiger partial charge in [0.15, 0.2) is 0 Å². The number of ether oxygens (including phenoxy) is 1. The van der Waals surface area contributed by atoms with Crippen molar-refractivity contribution < 1.29 is 9.53 Å². The fourth-order valence-corrected chi connectivity index (χ4v) is 1.60. The molecule has 0 saturated heterocycles. The lowest BCUT2D eigenvalue weighted by Crippen LogP contribution is -2.36. The molecular weight excluding hydrogens is 188 g/mol. The summed E-state index contributed by atoms with van der Waals surface area (Å²) in [7, 11) is 1.35. The Kier molecular flexibility index (Phi) is 3.00. The summed E-state index contributed by atoms with van der Waals surface area (Å²) in [5, 5.41) is 1.83. The Morgan fingerprint density at radius 3 is 3.00 bits per heavy atom. The molecule has 0 aliphatic heterocycles. The minimum absolute atomic E-state index is 0.146. The summed E-state index contributed by atoms with van der Waals surface area (Å²) >= 11 is 1.32. The van der Waals surface area contributed by atoms with Crippen molar-refractivity contribution in [1.29, 1.82) is 0 Å². The van der Waals surface area contributed by atoms with Gasteiger partial charge in [-0.2, -0.15) is 4.37 Å². The van der Waals surface area contributed by atoms with Gasteiger partial charge in [0, 0.05) is 5.38 Å². The Bertz CT molecular complexity index is 282. The monoisotopic (exact) mass is 200 g/mol. The molecule has 5 heteroatoms. The largest absolute Gasteiger partial charge is 0.469 e. The van der Waals surface area contributed by atoms with Gasteiger partial charge in [-0.25, -0.2) is 0 Å². The van der Waals surface area contributed by atoms with Crippen LogP contribution in [0.15, 0.2) is 11.4 Å². The average Bonchev–Trinajstić information content (AvgIpc) is 2.55. The van der Waals surface area contributed by atoms with E-state index < -0.39 is 5.54 Å². The number of esters is 1. The molecule has 1 rings (SSSR count). The number of hydrogen-bond donors (Lipinski definition) is 1. The second-order valence-electron chi connectivity index (χ2n) is 3.06. The number of nitrogens with two attached hydrogens (primary N) is 1. The molecule has 0 aliphatic rings. The highest BCUT2D eigenvalue weighted by atomic mass is 32.1. The quantitative estimate of drug-likeness (QED) is 0.735. The number of hydrogen-bond acceptors (Lipinski definition) is 5. The minimum atomic E-state index is -0.729. The van der Waals surface area contributed by atoms with Crippen molar-refractivity contribution in [2.24, 2.45) is 5.73 Å². The summed E-state index contributed by atoms with van der Waals surface area (Å²) in [6.07, 6.45) is 0.146. The molecule has 0 fully saturated rings. The number of aromatic nitrogens is 1. The Morgan fingerprint density at radius 1 is 1.85 bits per heavy atom. The van der Waals surface area contributed by atoms with E-state index in [1.54, 1.807) is 6.92 Å². The molecule has 1 heterocycles. The van der Waals surface area contributed by atoms with Crippen molar-refractivity contribution in [2.45, 2.75) is 18.9 Å². The van der Waals surface area contributed by atoms with Crippen LogP contribution in [0.4, 0.5) is 0 Å². The molecule has 1 aromatic heterocycles. The molecule has 0 radical (unpaired) electrons. The van der Waals surface area contributed by atoms with E-state index in [1.807, 2.05) is 11.4 Å². The topological polar surface area (TPSA) is 65.2 Å². The van der Waals surface area contributed by atoms with Gasteiger partial charge in [-0.05, 0) is 24.5 Å². The summed E-state index contributed by atoms with van der Waals surface area (Å²) in [5.74, 6) is -0.321. The van der Waals surface area contributed by atoms with Crippen LogP contribution in [0.5, 0.6) is 0 Å². The number of carbonyl (C=O) groups is 1. The first-order valence-electron chi connectivity index (χ1n) is 3.83. The molecule has 2 N–H and O–H groups in total. The van der Waals surface area contributed by atoms with Crippen LogP contribution in [0, 0.1) is 0 Å². The maximum Gasteiger partial charge on any atom is 0.307 e. The Balaban J connectivity index is 2.72. The van der Waals surface area contributed by atoms with Gasteiger partial charge in [-0.3, -0.25) is 4.79 Å². The van der Waals surface area contributed by atoms with Crippen LogP contribution < -0.4 is 5.73 Å². The van der Waals surface area contributed by atoms with Crippen LogP contribution in [-0.2, 0) is 15.1 Å². The molecule has 0 saturated carbocycles. The van der Waals surface area contributed by atoms with Gasteiger partial charge in [-0.1, -0.05) is 0 Å². The van der Waals surface area contributed by atoms with E-state index >= 15 is 0 Å². The molecule has 1 atom stereocenters. The zero-order chi connectivity index (χ0) is 9.90. The van der Waals surface area contributed by atoms with E-state index in [0.717, 1.165) is 5.69 Å². The highest BCUT2D eigenvalue weighted by Crippen LogP contribution is 2.21. The van der Waals surface area contributed by atoms with Crippen LogP contribution in [0.1, 0.15) is 19.0 Å². The van der Waals surface area contributed by atoms with Crippen molar-refractivity contribution in [1.82, 2.24) is 4.37 Å². The molecule has 0 amide bonds. The Morgan fingerprint density at radius 2 is 2.54 bits per heavy atom. The third-order valence-corrected chi connectivity index (χ3v) is 2.32. The van der Waals surface area contributed by atoms with E-state index in [1.165, 1.54) is 18.6 Å². The van der Waals surface area contributed by atoms with E-state index in [2.05, 4.69) is 9.11 Å². The van der Waals surface area contributed by atoms with Crippen LogP contribution in [0.25, 0.3) is 0 Å². The number of nitrogens with zero attached hydrogens (tertiary/aromatic N) is 1. The first-order valence-corrected chi connectivity index (χ1v) is 4.66. The fourth-order valence-electron chi connectivity index (χ4n) is 0.970. The highest BCUT2D eigenvalue weighted by Gasteiger charge is 2.27. The first kappa shape index (κ1) is 10.1. The predicted molar refractivity (Wildman–Crippen MR) is 50.3 cm³/mol. The summed E-state index contributed by atoms with van der Waals surface area (Å²) in [5.41, 5.74) is 5.90. The maximum absolute atomic E-state index is 11.0. The van der Waals surface area contributed by atoms with Crippen LogP contribution >= 0.6 is 11.5 Å². The van der Waals surface area contributed by atoms with Crippen LogP contribution in [0.3, 0.4) is 0 Å². The number of methoxy groups -OCH3 is 1. The molecule has 0 aliphatic carbocycles. The zero-order valence-corrected chi connectivity index (χ0v) is 8.43. The Hall–Kier alpha value is -0.940. The first-order chi connectivity index (χ1) is 6.06. The van der Waals surface area contributed by atoms with Crippen LogP contribution in [-0.4, -0.2) is 17.5 Å². The molecule has 1 aromatic rings. The zero-order valence-electron chi connectivity index (χ0n) is 7.61. The van der Waals surface area contributed by atoms with Crippen LogP contribution in [0.2, 0.25) is 0 Å². The summed E-state index contributed by atoms with van der Waals surface area (Å²) in [4.78, 5) is 11.0. The normalized spacial score (nSPS) is 15.0. The van der Waals surface area contributed by atoms with Gasteiger partial charge in [0.05, 0.1) is 24.8 Å². The van der Waals surface area contributed by atoms with Gasteiger partial charge >= 0.3 is 5.97 Å². The van der Waals surface area contributed by atoms with Crippen molar-refractivity contribution in [3.05, 3.63) is 17.1 Å². The molecule has 1 unspecified atom stereocenters. The van der Waals surface area contributed by atoms with Crippen molar-refractivity contribution in [3.63, 3.8) is 0 Å². The van der Waals surface area contributed by atoms with Crippen molar-refractivity contribution >= 4 is 17.5 Å². The fraction of sp³-hybridized carbons (Fsp3) is 0.500. The van der Waals surface area contributed by atoms with E-state index in [-0.39, 0.29) is 12.4 Å². The van der Waals surface area contributed by atoms with E-state index in [4.69, 9.17) is 5.73 Å².